The highest BCUT2D eigenvalue weighted by Crippen LogP contribution is 2.18. The van der Waals surface area contributed by atoms with E-state index in [1.54, 1.807) is 0 Å². The maximum atomic E-state index is 12.0. The normalized spacial score (nSPS) is 10.3. The van der Waals surface area contributed by atoms with E-state index in [-0.39, 0.29) is 12.5 Å². The largest absolute Gasteiger partial charge is 0.452 e. The third-order valence-electron chi connectivity index (χ3n) is 3.17. The molecule has 0 spiro atoms. The fraction of sp³-hybridized carbons (Fsp3) is 0.111. The molecule has 0 aliphatic rings. The van der Waals surface area contributed by atoms with E-state index in [1.165, 1.54) is 31.2 Å². The summed E-state index contributed by atoms with van der Waals surface area (Å²) < 4.78 is 15.5. The first-order valence-electron chi connectivity index (χ1n) is 7.45. The number of benzene rings is 2. The van der Waals surface area contributed by atoms with Gasteiger partial charge >= 0.3 is 11.9 Å². The summed E-state index contributed by atoms with van der Waals surface area (Å²) >= 11 is 0. The average Bonchev–Trinajstić information content (AvgIpc) is 3.10. The molecule has 2 aromatic carbocycles. The Morgan fingerprint density at radius 2 is 1.72 bits per heavy atom. The summed E-state index contributed by atoms with van der Waals surface area (Å²) in [5.41, 5.74) is 1.10. The van der Waals surface area contributed by atoms with Crippen LogP contribution in [0.4, 0.5) is 0 Å². The third kappa shape index (κ3) is 4.29. The highest BCUT2D eigenvalue weighted by molar-refractivity contribution is 5.89. The Morgan fingerprint density at radius 3 is 2.40 bits per heavy atom. The third-order valence-corrected chi connectivity index (χ3v) is 3.17. The molecule has 7 heteroatoms. The van der Waals surface area contributed by atoms with Crippen molar-refractivity contribution in [1.82, 2.24) is 10.2 Å². The number of hydrogen-bond acceptors (Lipinski definition) is 7. The van der Waals surface area contributed by atoms with Crippen molar-refractivity contribution < 1.29 is 23.5 Å². The first-order chi connectivity index (χ1) is 12.1. The van der Waals surface area contributed by atoms with Gasteiger partial charge in [-0.2, -0.15) is 0 Å². The van der Waals surface area contributed by atoms with Crippen LogP contribution >= 0.6 is 0 Å². The lowest BCUT2D eigenvalue weighted by atomic mass is 10.2. The molecule has 0 atom stereocenters. The molecule has 0 fully saturated rings. The zero-order valence-electron chi connectivity index (χ0n) is 13.3. The monoisotopic (exact) mass is 338 g/mol. The predicted molar refractivity (Wildman–Crippen MR) is 86.6 cm³/mol. The van der Waals surface area contributed by atoms with Crippen molar-refractivity contribution in [2.24, 2.45) is 0 Å². The Morgan fingerprint density at radius 1 is 1.00 bits per heavy atom. The highest BCUT2D eigenvalue weighted by Gasteiger charge is 2.12. The summed E-state index contributed by atoms with van der Waals surface area (Å²) in [5.74, 6) is -0.0654. The van der Waals surface area contributed by atoms with E-state index in [0.29, 0.717) is 17.2 Å². The summed E-state index contributed by atoms with van der Waals surface area (Å²) in [5, 5.41) is 7.77. The fourth-order valence-electron chi connectivity index (χ4n) is 2.04. The Balaban J connectivity index is 1.59. The van der Waals surface area contributed by atoms with E-state index in [0.717, 1.165) is 5.56 Å². The molecule has 0 bridgehead atoms. The molecule has 25 heavy (non-hydrogen) atoms. The molecule has 3 rings (SSSR count). The zero-order chi connectivity index (χ0) is 17.6. The minimum Gasteiger partial charge on any atom is -0.452 e. The molecule has 0 radical (unpaired) electrons. The van der Waals surface area contributed by atoms with Gasteiger partial charge in [0.15, 0.2) is 6.61 Å². The first kappa shape index (κ1) is 16.4. The number of rotatable bonds is 5. The maximum Gasteiger partial charge on any atom is 0.338 e. The Bertz CT molecular complexity index is 872. The van der Waals surface area contributed by atoms with Gasteiger partial charge in [-0.1, -0.05) is 18.2 Å². The van der Waals surface area contributed by atoms with Gasteiger partial charge in [-0.15, -0.1) is 10.2 Å². The first-order valence-corrected chi connectivity index (χ1v) is 7.45. The van der Waals surface area contributed by atoms with Gasteiger partial charge in [-0.3, -0.25) is 4.79 Å². The standard InChI is InChI=1S/C18H14N2O5/c1-12(21)24-15-9-7-14(8-10-15)18(22)23-11-16-19-20-17(25-16)13-5-3-2-4-6-13/h2-10H,11H2,1H3. The van der Waals surface area contributed by atoms with Crippen LogP contribution in [0.2, 0.25) is 0 Å². The second-order valence-electron chi connectivity index (χ2n) is 5.06. The maximum absolute atomic E-state index is 12.0. The molecule has 1 heterocycles. The van der Waals surface area contributed by atoms with E-state index >= 15 is 0 Å². The Kier molecular flexibility index (Phi) is 4.84. The molecule has 0 N–H and O–H groups in total. The van der Waals surface area contributed by atoms with Gasteiger partial charge in [0.25, 0.3) is 5.89 Å². The summed E-state index contributed by atoms with van der Waals surface area (Å²) in [7, 11) is 0. The topological polar surface area (TPSA) is 91.5 Å². The van der Waals surface area contributed by atoms with Crippen molar-refractivity contribution in [1.29, 1.82) is 0 Å². The van der Waals surface area contributed by atoms with Crippen LogP contribution in [0.5, 0.6) is 5.75 Å². The minimum absolute atomic E-state index is 0.135. The van der Waals surface area contributed by atoms with E-state index < -0.39 is 11.9 Å². The lowest BCUT2D eigenvalue weighted by molar-refractivity contribution is -0.131. The van der Waals surface area contributed by atoms with Gasteiger partial charge in [0.05, 0.1) is 5.56 Å². The average molecular weight is 338 g/mol. The molecule has 0 saturated carbocycles. The number of nitrogens with zero attached hydrogens (tertiary/aromatic N) is 2. The SMILES string of the molecule is CC(=O)Oc1ccc(C(=O)OCc2nnc(-c3ccccc3)o2)cc1. The molecule has 3 aromatic rings. The number of carbonyl (C=O) groups excluding carboxylic acids is 2. The van der Waals surface area contributed by atoms with Crippen molar-refractivity contribution in [3.63, 3.8) is 0 Å². The van der Waals surface area contributed by atoms with Crippen LogP contribution in [0, 0.1) is 0 Å². The van der Waals surface area contributed by atoms with Gasteiger partial charge in [0.1, 0.15) is 5.75 Å². The van der Waals surface area contributed by atoms with E-state index in [4.69, 9.17) is 13.9 Å². The predicted octanol–water partition coefficient (Wildman–Crippen LogP) is 3.02. The number of aromatic nitrogens is 2. The molecule has 0 saturated heterocycles. The number of carbonyl (C=O) groups is 2. The van der Waals surface area contributed by atoms with Gasteiger partial charge in [0.2, 0.25) is 5.89 Å². The minimum atomic E-state index is -0.547. The van der Waals surface area contributed by atoms with Gasteiger partial charge < -0.3 is 13.9 Å². The molecular weight excluding hydrogens is 324 g/mol. The molecule has 0 aliphatic heterocycles. The molecule has 0 amide bonds. The molecule has 0 unspecified atom stereocenters. The molecule has 1 aromatic heterocycles. The highest BCUT2D eigenvalue weighted by atomic mass is 16.5. The summed E-state index contributed by atoms with van der Waals surface area (Å²) in [4.78, 5) is 22.9. The van der Waals surface area contributed by atoms with Crippen LogP contribution in [0.25, 0.3) is 11.5 Å². The van der Waals surface area contributed by atoms with Crippen molar-refractivity contribution >= 4 is 11.9 Å². The van der Waals surface area contributed by atoms with Gasteiger partial charge in [0, 0.05) is 12.5 Å². The number of esters is 2. The second kappa shape index (κ2) is 7.39. The molecule has 0 aliphatic carbocycles. The second-order valence-corrected chi connectivity index (χ2v) is 5.06. The van der Waals surface area contributed by atoms with E-state index in [1.807, 2.05) is 30.3 Å². The Hall–Kier alpha value is -3.48. The van der Waals surface area contributed by atoms with E-state index in [2.05, 4.69) is 10.2 Å². The summed E-state index contributed by atoms with van der Waals surface area (Å²) in [6, 6.07) is 15.3. The fourth-order valence-corrected chi connectivity index (χ4v) is 2.04. The summed E-state index contributed by atoms with van der Waals surface area (Å²) in [6.45, 7) is 1.17. The van der Waals surface area contributed by atoms with E-state index in [9.17, 15) is 9.59 Å². The number of ether oxygens (including phenoxy) is 2. The van der Waals surface area contributed by atoms with Crippen LogP contribution in [0.1, 0.15) is 23.2 Å². The van der Waals surface area contributed by atoms with Crippen LogP contribution in [0.3, 0.4) is 0 Å². The van der Waals surface area contributed by atoms with Crippen LogP contribution in [-0.4, -0.2) is 22.1 Å². The Labute approximate surface area is 143 Å². The smallest absolute Gasteiger partial charge is 0.338 e. The van der Waals surface area contributed by atoms with Crippen molar-refractivity contribution in [3.05, 3.63) is 66.1 Å². The van der Waals surface area contributed by atoms with Crippen molar-refractivity contribution in [2.45, 2.75) is 13.5 Å². The molecule has 7 nitrogen and oxygen atoms in total. The van der Waals surface area contributed by atoms with Crippen LogP contribution in [-0.2, 0) is 16.1 Å². The zero-order valence-corrected chi connectivity index (χ0v) is 13.3. The van der Waals surface area contributed by atoms with Gasteiger partial charge in [-0.05, 0) is 36.4 Å². The van der Waals surface area contributed by atoms with Gasteiger partial charge in [-0.25, -0.2) is 4.79 Å². The number of hydrogen-bond donors (Lipinski definition) is 0. The van der Waals surface area contributed by atoms with Crippen molar-refractivity contribution in [3.8, 4) is 17.2 Å². The molecular formula is C18H14N2O5. The van der Waals surface area contributed by atoms with Crippen LogP contribution < -0.4 is 4.74 Å². The lowest BCUT2D eigenvalue weighted by Crippen LogP contribution is -2.06. The lowest BCUT2D eigenvalue weighted by Gasteiger charge is -2.04. The van der Waals surface area contributed by atoms with Crippen molar-refractivity contribution in [2.75, 3.05) is 0 Å². The summed E-state index contributed by atoms with van der Waals surface area (Å²) in [6.07, 6.45) is 0. The van der Waals surface area contributed by atoms with Crippen LogP contribution in [0.15, 0.2) is 59.0 Å². The molecule has 126 valence electrons. The quantitative estimate of drug-likeness (QED) is 0.521.